The van der Waals surface area contributed by atoms with Gasteiger partial charge in [-0.2, -0.15) is 0 Å². The van der Waals surface area contributed by atoms with Crippen LogP contribution in [0.2, 0.25) is 0 Å². The lowest BCUT2D eigenvalue weighted by Crippen LogP contribution is -2.51. The maximum Gasteiger partial charge on any atom is 0.407 e. The minimum absolute atomic E-state index is 0.0916. The summed E-state index contributed by atoms with van der Waals surface area (Å²) in [6.45, 7) is 13.8. The lowest BCUT2D eigenvalue weighted by molar-refractivity contribution is -0.136. The van der Waals surface area contributed by atoms with Gasteiger partial charge in [-0.1, -0.05) is 84.0 Å². The number of fused-ring (bicyclic) bond motifs is 2. The minimum atomic E-state index is -0.691. The number of nitrogens with zero attached hydrogens (tertiary/aromatic N) is 4. The van der Waals surface area contributed by atoms with E-state index in [4.69, 9.17) is 19.4 Å². The lowest BCUT2D eigenvalue weighted by Gasteiger charge is -2.30. The standard InChI is InChI=1S/C58H70N8O6/c1-31(2)49(63-55(69)71-7)53(67)65-29-57(17-18-57)27-47(65)51-59-43-15-13-38(25-45(43)61-51)41-23-36-11-9-35(41)10-12-37-24-42(40(21-33(36)5)22-34(37)6)39-14-16-44-46(26-39)62-52(60-44)48-28-58(19-20-58)30-66(48)54(68)50(32(3)4)64-56(70)72-8/h9,11,13-16,22-26,31-34,37,47-50H,10,12,17-21,27-30H2,1-8H3,(H,59,61)(H,60,62)(H,63,69)(H,64,70). The summed E-state index contributed by atoms with van der Waals surface area (Å²) in [5.74, 6) is 2.15. The Morgan fingerprint density at radius 3 is 1.74 bits per heavy atom. The molecule has 3 aromatic carbocycles. The van der Waals surface area contributed by atoms with Crippen molar-refractivity contribution in [3.05, 3.63) is 101 Å². The largest absolute Gasteiger partial charge is 0.453 e. The average Bonchev–Trinajstić information content (AvgIpc) is 4.02. The van der Waals surface area contributed by atoms with Crippen molar-refractivity contribution in [2.75, 3.05) is 27.3 Å². The normalized spacial score (nSPS) is 24.6. The van der Waals surface area contributed by atoms with Crippen LogP contribution >= 0.6 is 0 Å². The number of alkyl carbamates (subject to hydrolysis) is 2. The first-order valence-corrected chi connectivity index (χ1v) is 26.4. The molecule has 9 aliphatic rings. The summed E-state index contributed by atoms with van der Waals surface area (Å²) in [5, 5.41) is 5.60. The molecule has 4 N–H and O–H groups in total. The molecule has 2 saturated heterocycles. The van der Waals surface area contributed by atoms with Gasteiger partial charge < -0.3 is 39.9 Å². The monoisotopic (exact) mass is 975 g/mol. The average molecular weight is 975 g/mol. The summed E-state index contributed by atoms with van der Waals surface area (Å²) in [6, 6.07) is 18.4. The molecular formula is C58H70N8O6. The Morgan fingerprint density at radius 2 is 1.22 bits per heavy atom. The lowest BCUT2D eigenvalue weighted by atomic mass is 9.74. The van der Waals surface area contributed by atoms with Gasteiger partial charge in [0, 0.05) is 13.1 Å². The van der Waals surface area contributed by atoms with Gasteiger partial charge >= 0.3 is 12.2 Å². The molecule has 0 radical (unpaired) electrons. The fourth-order valence-corrected chi connectivity index (χ4v) is 12.6. The molecule has 4 heterocycles. The van der Waals surface area contributed by atoms with Crippen molar-refractivity contribution >= 4 is 51.6 Å². The molecule has 4 amide bonds. The Kier molecular flexibility index (Phi) is 12.1. The molecule has 72 heavy (non-hydrogen) atoms. The molecule has 2 saturated carbocycles. The zero-order chi connectivity index (χ0) is 50.4. The van der Waals surface area contributed by atoms with Crippen LogP contribution in [0.5, 0.6) is 0 Å². The van der Waals surface area contributed by atoms with Gasteiger partial charge in [-0.15, -0.1) is 0 Å². The first kappa shape index (κ1) is 47.9. The van der Waals surface area contributed by atoms with E-state index in [9.17, 15) is 19.2 Å². The molecule has 2 aliphatic heterocycles. The Morgan fingerprint density at radius 1 is 0.694 bits per heavy atom. The highest BCUT2D eigenvalue weighted by Gasteiger charge is 2.56. The summed E-state index contributed by atoms with van der Waals surface area (Å²) in [5.41, 5.74) is 12.7. The number of aromatic nitrogens is 4. The Hall–Kier alpha value is -6.44. The first-order chi connectivity index (χ1) is 34.5. The molecule has 2 spiro atoms. The second-order valence-electron chi connectivity index (χ2n) is 23.2. The summed E-state index contributed by atoms with van der Waals surface area (Å²) in [4.78, 5) is 74.5. The Bertz CT molecular complexity index is 3050. The van der Waals surface area contributed by atoms with Crippen molar-refractivity contribution in [2.45, 2.75) is 129 Å². The maximum absolute atomic E-state index is 14.2. The summed E-state index contributed by atoms with van der Waals surface area (Å²) in [6.07, 6.45) is 12.7. The van der Waals surface area contributed by atoms with E-state index >= 15 is 0 Å². The van der Waals surface area contributed by atoms with Crippen LogP contribution in [0.1, 0.15) is 139 Å². The van der Waals surface area contributed by atoms with Crippen molar-refractivity contribution in [1.82, 2.24) is 40.4 Å². The van der Waals surface area contributed by atoms with E-state index in [-0.39, 0.29) is 52.5 Å². The van der Waals surface area contributed by atoms with Crippen molar-refractivity contribution in [3.63, 3.8) is 0 Å². The van der Waals surface area contributed by atoms with Gasteiger partial charge in [0.25, 0.3) is 0 Å². The van der Waals surface area contributed by atoms with Gasteiger partial charge in [0.2, 0.25) is 11.8 Å². The zero-order valence-electron chi connectivity index (χ0n) is 43.1. The molecule has 7 atom stereocenters. The first-order valence-electron chi connectivity index (χ1n) is 26.4. The Labute approximate surface area is 422 Å². The smallest absolute Gasteiger partial charge is 0.407 e. The second kappa shape index (κ2) is 18.2. The number of carbonyl (C=O) groups is 4. The van der Waals surface area contributed by atoms with Crippen LogP contribution in [0.4, 0.5) is 9.59 Å². The summed E-state index contributed by atoms with van der Waals surface area (Å²) < 4.78 is 9.78. The maximum atomic E-state index is 14.2. The fourth-order valence-electron chi connectivity index (χ4n) is 12.6. The van der Waals surface area contributed by atoms with Gasteiger partial charge in [-0.3, -0.25) is 9.59 Å². The Balaban J connectivity index is 0.854. The van der Waals surface area contributed by atoms with E-state index in [1.54, 1.807) is 0 Å². The number of likely N-dealkylation sites (tertiary alicyclic amines) is 2. The quantitative estimate of drug-likeness (QED) is 0.107. The van der Waals surface area contributed by atoms with E-state index < -0.39 is 24.3 Å². The number of ether oxygens (including phenoxy) is 2. The zero-order valence-corrected chi connectivity index (χ0v) is 43.1. The van der Waals surface area contributed by atoms with Crippen molar-refractivity contribution < 1.29 is 28.7 Å². The van der Waals surface area contributed by atoms with Gasteiger partial charge in [-0.05, 0) is 161 Å². The molecule has 4 fully saturated rings. The number of allylic oxidation sites excluding steroid dienone is 4. The highest BCUT2D eigenvalue weighted by atomic mass is 16.5. The van der Waals surface area contributed by atoms with E-state index in [1.165, 1.54) is 47.6 Å². The van der Waals surface area contributed by atoms with E-state index in [1.807, 2.05) is 37.5 Å². The third kappa shape index (κ3) is 8.86. The van der Waals surface area contributed by atoms with Crippen molar-refractivity contribution in [1.29, 1.82) is 0 Å². The molecule has 378 valence electrons. The van der Waals surface area contributed by atoms with E-state index in [0.717, 1.165) is 97.1 Å². The number of aromatic amines is 2. The van der Waals surface area contributed by atoms with E-state index in [2.05, 4.69) is 101 Å². The SMILES string of the molecule is COC(=O)NC(C(=O)N1CC2(CC2)CC1c1nc2ccc(C3=CC4CCc5ccc(cc5-c5ccc6nc(C7CC8(CC8)CN7C(=O)C(NC(=O)OC)C(C)C)[nH]c6c5)C(C)CC3=CC4C)cc2[nH]1)C(C)C. The number of hydrogen-bond acceptors (Lipinski definition) is 8. The molecule has 14 nitrogen and oxygen atoms in total. The third-order valence-electron chi connectivity index (χ3n) is 17.4. The van der Waals surface area contributed by atoms with Gasteiger partial charge in [0.05, 0.1) is 48.4 Å². The van der Waals surface area contributed by atoms with Gasteiger partial charge in [-0.25, -0.2) is 19.6 Å². The topological polar surface area (TPSA) is 175 Å². The molecule has 5 aromatic rings. The minimum Gasteiger partial charge on any atom is -0.453 e. The highest BCUT2D eigenvalue weighted by molar-refractivity contribution is 5.90. The molecular weight excluding hydrogens is 905 g/mol. The van der Waals surface area contributed by atoms with Gasteiger partial charge in [0.15, 0.2) is 0 Å². The number of rotatable bonds is 10. The number of hydrogen-bond donors (Lipinski definition) is 4. The molecule has 14 heteroatoms. The van der Waals surface area contributed by atoms with Crippen molar-refractivity contribution in [3.8, 4) is 11.1 Å². The predicted octanol–water partition coefficient (Wildman–Crippen LogP) is 10.7. The van der Waals surface area contributed by atoms with Crippen LogP contribution in [-0.2, 0) is 25.5 Å². The summed E-state index contributed by atoms with van der Waals surface area (Å²) in [7, 11) is 2.65. The van der Waals surface area contributed by atoms with Crippen LogP contribution in [-0.4, -0.2) is 93.1 Å². The number of H-pyrrole nitrogens is 2. The molecule has 4 bridgehead atoms. The number of aryl methyl sites for hydroxylation is 1. The number of amides is 4. The van der Waals surface area contributed by atoms with Crippen LogP contribution in [0.25, 0.3) is 38.8 Å². The number of nitrogens with one attached hydrogen (secondary N) is 4. The highest BCUT2D eigenvalue weighted by Crippen LogP contribution is 2.60. The molecule has 7 aliphatic carbocycles. The third-order valence-corrected chi connectivity index (χ3v) is 17.4. The van der Waals surface area contributed by atoms with Crippen molar-refractivity contribution in [2.24, 2.45) is 34.5 Å². The van der Waals surface area contributed by atoms with Crippen LogP contribution in [0.3, 0.4) is 0 Å². The number of benzene rings is 3. The number of carbonyl (C=O) groups excluding carboxylic acids is 4. The van der Waals surface area contributed by atoms with Crippen LogP contribution in [0, 0.1) is 34.5 Å². The molecule has 7 unspecified atom stereocenters. The van der Waals surface area contributed by atoms with Crippen LogP contribution in [0.15, 0.2) is 72.3 Å². The second-order valence-corrected chi connectivity index (χ2v) is 23.2. The van der Waals surface area contributed by atoms with Crippen LogP contribution < -0.4 is 10.6 Å². The number of imidazole rings is 2. The van der Waals surface area contributed by atoms with Gasteiger partial charge in [0.1, 0.15) is 23.7 Å². The summed E-state index contributed by atoms with van der Waals surface area (Å²) >= 11 is 0. The number of methoxy groups -OCH3 is 2. The fraction of sp³-hybridized carbons (Fsp3) is 0.517. The van der Waals surface area contributed by atoms with E-state index in [0.29, 0.717) is 24.9 Å². The molecule has 2 aromatic heterocycles. The predicted molar refractivity (Wildman–Crippen MR) is 277 cm³/mol. The molecule has 14 rings (SSSR count).